The number of H-pyrrole nitrogens is 2. The van der Waals surface area contributed by atoms with Gasteiger partial charge in [0.15, 0.2) is 0 Å². The number of nitrogens with one attached hydrogen (secondary N) is 3. The molecule has 5 rings (SSSR count). The Morgan fingerprint density at radius 2 is 1.77 bits per heavy atom. The lowest BCUT2D eigenvalue weighted by Gasteiger charge is -2.36. The number of aromatic amines is 2. The van der Waals surface area contributed by atoms with Crippen molar-refractivity contribution >= 4 is 20.9 Å². The molecule has 1 aliphatic carbocycles. The molecule has 2 aromatic heterocycles. The minimum Gasteiger partial charge on any atom is -0.352 e. The molecule has 0 radical (unpaired) electrons. The van der Waals surface area contributed by atoms with Crippen molar-refractivity contribution in [3.05, 3.63) is 71.8 Å². The van der Waals surface area contributed by atoms with E-state index in [9.17, 15) is 21.6 Å². The molecule has 160 valence electrons. The summed E-state index contributed by atoms with van der Waals surface area (Å²) in [7, 11) is -3.71. The lowest BCUT2D eigenvalue weighted by Crippen LogP contribution is -2.43. The molecule has 31 heavy (non-hydrogen) atoms. The number of fused-ring (bicyclic) bond motifs is 1. The maximum Gasteiger partial charge on any atom is 0.243 e. The Bertz CT molecular complexity index is 1360. The molecule has 0 bridgehead atoms. The molecule has 0 saturated heterocycles. The Labute approximate surface area is 175 Å². The Balaban J connectivity index is 1.49. The molecule has 10 heteroatoms. The van der Waals surface area contributed by atoms with Gasteiger partial charge in [-0.2, -0.15) is 5.10 Å². The molecule has 0 atom stereocenters. The largest absolute Gasteiger partial charge is 0.352 e. The maximum absolute atomic E-state index is 14.4. The molecule has 0 aliphatic heterocycles. The van der Waals surface area contributed by atoms with Crippen molar-refractivity contribution < 1.29 is 21.6 Å². The molecule has 3 N–H and O–H groups in total. The maximum atomic E-state index is 14.4. The Kier molecular flexibility index (Phi) is 4.63. The van der Waals surface area contributed by atoms with E-state index in [2.05, 4.69) is 19.9 Å². The molecule has 0 spiro atoms. The second kappa shape index (κ2) is 7.24. The Morgan fingerprint density at radius 3 is 2.45 bits per heavy atom. The second-order valence-electron chi connectivity index (χ2n) is 7.65. The number of nitrogens with zero attached hydrogens (tertiary/aromatic N) is 1. The van der Waals surface area contributed by atoms with Gasteiger partial charge < -0.3 is 4.98 Å². The van der Waals surface area contributed by atoms with Gasteiger partial charge in [0.1, 0.15) is 22.3 Å². The number of sulfonamides is 1. The highest BCUT2D eigenvalue weighted by Gasteiger charge is 2.37. The van der Waals surface area contributed by atoms with E-state index in [4.69, 9.17) is 0 Å². The van der Waals surface area contributed by atoms with Gasteiger partial charge in [-0.05, 0) is 60.2 Å². The summed E-state index contributed by atoms with van der Waals surface area (Å²) in [5.74, 6) is -1.96. The summed E-state index contributed by atoms with van der Waals surface area (Å²) in [4.78, 5) is 3.06. The van der Waals surface area contributed by atoms with Gasteiger partial charge in [-0.15, -0.1) is 0 Å². The van der Waals surface area contributed by atoms with E-state index in [1.165, 1.54) is 30.6 Å². The summed E-state index contributed by atoms with van der Waals surface area (Å²) in [6.07, 6.45) is 3.42. The van der Waals surface area contributed by atoms with Gasteiger partial charge in [-0.25, -0.2) is 26.3 Å². The zero-order valence-electron chi connectivity index (χ0n) is 16.0. The van der Waals surface area contributed by atoms with Crippen molar-refractivity contribution in [3.8, 4) is 11.3 Å². The lowest BCUT2D eigenvalue weighted by atomic mass is 9.74. The minimum atomic E-state index is -3.71. The zero-order valence-corrected chi connectivity index (χ0v) is 16.8. The molecule has 2 aromatic carbocycles. The third kappa shape index (κ3) is 3.51. The number of benzene rings is 2. The van der Waals surface area contributed by atoms with Crippen LogP contribution in [0.2, 0.25) is 0 Å². The molecule has 1 fully saturated rings. The van der Waals surface area contributed by atoms with Crippen LogP contribution in [0.4, 0.5) is 13.2 Å². The standard InChI is InChI=1S/C21H17F3N4O2S/c22-13-3-1-11(2-4-13)20-19(17-7-14(23)8-18(24)21(17)27-20)12-5-15(6-12)28-31(29,30)16-9-25-26-10-16/h1-4,7-10,12,15,27-28H,5-6H2,(H,25,26)/t12-,15-. The van der Waals surface area contributed by atoms with Gasteiger partial charge >= 0.3 is 0 Å². The fourth-order valence-corrected chi connectivity index (χ4v) is 5.30. The molecule has 2 heterocycles. The summed E-state index contributed by atoms with van der Waals surface area (Å²) < 4.78 is 69.2. The Morgan fingerprint density at radius 1 is 1.03 bits per heavy atom. The first kappa shape index (κ1) is 19.8. The third-order valence-corrected chi connectivity index (χ3v) is 7.14. The van der Waals surface area contributed by atoms with Crippen LogP contribution in [0.3, 0.4) is 0 Å². The molecule has 6 nitrogen and oxygen atoms in total. The SMILES string of the molecule is O=S(=O)(N[C@H]1C[C@H](c2c(-c3ccc(F)cc3)[nH]c3c(F)cc(F)cc32)C1)c1cn[nH]c1. The van der Waals surface area contributed by atoms with Crippen molar-refractivity contribution in [3.63, 3.8) is 0 Å². The average Bonchev–Trinajstić information content (AvgIpc) is 3.34. The minimum absolute atomic E-state index is 0.0409. The number of halogens is 3. The van der Waals surface area contributed by atoms with Gasteiger partial charge in [0.2, 0.25) is 10.0 Å². The molecule has 0 unspecified atom stereocenters. The Hall–Kier alpha value is -3.11. The zero-order chi connectivity index (χ0) is 21.8. The van der Waals surface area contributed by atoms with Crippen molar-refractivity contribution in [1.82, 2.24) is 19.9 Å². The fourth-order valence-electron chi connectivity index (χ4n) is 4.13. The summed E-state index contributed by atoms with van der Waals surface area (Å²) in [5, 5.41) is 6.52. The number of hydrogen-bond acceptors (Lipinski definition) is 3. The molecule has 1 aliphatic rings. The van der Waals surface area contributed by atoms with Crippen LogP contribution in [-0.2, 0) is 10.0 Å². The fraction of sp³-hybridized carbons (Fsp3) is 0.190. The van der Waals surface area contributed by atoms with E-state index >= 15 is 0 Å². The van der Waals surface area contributed by atoms with Crippen LogP contribution >= 0.6 is 0 Å². The number of aromatic nitrogens is 3. The first-order valence-corrected chi connectivity index (χ1v) is 11.1. The van der Waals surface area contributed by atoms with Gasteiger partial charge in [0.25, 0.3) is 0 Å². The van der Waals surface area contributed by atoms with Crippen LogP contribution in [0.1, 0.15) is 24.3 Å². The number of rotatable bonds is 5. The van der Waals surface area contributed by atoms with Gasteiger partial charge in [0.05, 0.1) is 17.4 Å². The first-order chi connectivity index (χ1) is 14.8. The molecule has 0 amide bonds. The summed E-state index contributed by atoms with van der Waals surface area (Å²) in [5.41, 5.74) is 2.06. The summed E-state index contributed by atoms with van der Waals surface area (Å²) in [6.45, 7) is 0. The summed E-state index contributed by atoms with van der Waals surface area (Å²) >= 11 is 0. The predicted octanol–water partition coefficient (Wildman–Crippen LogP) is 4.20. The smallest absolute Gasteiger partial charge is 0.243 e. The van der Waals surface area contributed by atoms with Gasteiger partial charge in [-0.3, -0.25) is 5.10 Å². The van der Waals surface area contributed by atoms with Crippen LogP contribution in [0, 0.1) is 17.5 Å². The summed E-state index contributed by atoms with van der Waals surface area (Å²) in [6, 6.07) is 7.47. The number of hydrogen-bond donors (Lipinski definition) is 3. The van der Waals surface area contributed by atoms with E-state index in [0.29, 0.717) is 35.0 Å². The molecular weight excluding hydrogens is 429 g/mol. The van der Waals surface area contributed by atoms with Gasteiger partial charge in [0, 0.05) is 23.7 Å². The monoisotopic (exact) mass is 446 g/mol. The van der Waals surface area contributed by atoms with Crippen molar-refractivity contribution in [2.24, 2.45) is 0 Å². The quantitative estimate of drug-likeness (QED) is 0.429. The van der Waals surface area contributed by atoms with E-state index in [1.54, 1.807) is 12.1 Å². The predicted molar refractivity (Wildman–Crippen MR) is 108 cm³/mol. The highest BCUT2D eigenvalue weighted by Crippen LogP contribution is 2.46. The van der Waals surface area contributed by atoms with Crippen LogP contribution in [0.25, 0.3) is 22.2 Å². The molecular formula is C21H17F3N4O2S. The molecule has 1 saturated carbocycles. The van der Waals surface area contributed by atoms with Crippen LogP contribution < -0.4 is 4.72 Å². The van der Waals surface area contributed by atoms with E-state index < -0.39 is 27.5 Å². The second-order valence-corrected chi connectivity index (χ2v) is 9.37. The van der Waals surface area contributed by atoms with E-state index in [1.807, 2.05) is 0 Å². The highest BCUT2D eigenvalue weighted by atomic mass is 32.2. The van der Waals surface area contributed by atoms with E-state index in [-0.39, 0.29) is 22.4 Å². The lowest BCUT2D eigenvalue weighted by molar-refractivity contribution is 0.328. The average molecular weight is 446 g/mol. The van der Waals surface area contributed by atoms with Crippen LogP contribution in [0.15, 0.2) is 53.7 Å². The van der Waals surface area contributed by atoms with Gasteiger partial charge in [-0.1, -0.05) is 0 Å². The normalized spacial score (nSPS) is 18.9. The van der Waals surface area contributed by atoms with Crippen molar-refractivity contribution in [1.29, 1.82) is 0 Å². The first-order valence-electron chi connectivity index (χ1n) is 9.59. The topological polar surface area (TPSA) is 90.6 Å². The molecule has 4 aromatic rings. The van der Waals surface area contributed by atoms with Crippen molar-refractivity contribution in [2.45, 2.75) is 29.7 Å². The van der Waals surface area contributed by atoms with Crippen LogP contribution in [0.5, 0.6) is 0 Å². The van der Waals surface area contributed by atoms with Crippen molar-refractivity contribution in [2.75, 3.05) is 0 Å². The van der Waals surface area contributed by atoms with E-state index in [0.717, 1.165) is 6.07 Å². The van der Waals surface area contributed by atoms with Crippen LogP contribution in [-0.4, -0.2) is 29.6 Å². The highest BCUT2D eigenvalue weighted by molar-refractivity contribution is 7.89. The third-order valence-electron chi connectivity index (χ3n) is 5.65.